The van der Waals surface area contributed by atoms with Crippen LogP contribution in [0.2, 0.25) is 5.31 Å². The van der Waals surface area contributed by atoms with E-state index >= 15 is 0 Å². The number of benzene rings is 1. The van der Waals surface area contributed by atoms with Crippen molar-refractivity contribution in [2.24, 2.45) is 0 Å². The molecule has 0 aliphatic carbocycles. The van der Waals surface area contributed by atoms with Gasteiger partial charge in [-0.05, 0) is 32.4 Å². The van der Waals surface area contributed by atoms with Gasteiger partial charge in [0.05, 0.1) is 26.2 Å². The monoisotopic (exact) mass is 565 g/mol. The van der Waals surface area contributed by atoms with E-state index in [0.717, 1.165) is 10.6 Å². The molecule has 1 aromatic carbocycles. The highest BCUT2D eigenvalue weighted by Crippen LogP contribution is 2.50. The smallest absolute Gasteiger partial charge is 0.458 e. The molecule has 1 saturated heterocycles. The average molecular weight is 565 g/mol. The highest BCUT2D eigenvalue weighted by atomic mass is 31.2. The van der Waals surface area contributed by atoms with Gasteiger partial charge >= 0.3 is 19.4 Å². The molecule has 2 aromatic rings. The Kier molecular flexibility index (Phi) is 9.97. The third-order valence-corrected chi connectivity index (χ3v) is 7.31. The van der Waals surface area contributed by atoms with Gasteiger partial charge in [0, 0.05) is 30.5 Å². The summed E-state index contributed by atoms with van der Waals surface area (Å²) in [7, 11) is 2.22. The zero-order chi connectivity index (χ0) is 28.8. The molecule has 212 valence electrons. The summed E-state index contributed by atoms with van der Waals surface area (Å²) in [6.45, 7) is 3.93. The van der Waals surface area contributed by atoms with Gasteiger partial charge in [0.2, 0.25) is 0 Å². The van der Waals surface area contributed by atoms with Crippen molar-refractivity contribution < 1.29 is 38.1 Å². The number of hydrogen-bond donors (Lipinski definition) is 4. The first-order chi connectivity index (χ1) is 18.2. The minimum Gasteiger partial charge on any atom is -0.463 e. The molecule has 5 atom stereocenters. The molecule has 1 aliphatic heterocycles. The third kappa shape index (κ3) is 8.62. The molecule has 0 spiro atoms. The number of esters is 1. The second-order valence-corrected chi connectivity index (χ2v) is 11.8. The minimum absolute atomic E-state index is 0.0139. The van der Waals surface area contributed by atoms with E-state index in [4.69, 9.17) is 26.4 Å². The molecule has 13 nitrogen and oxygen atoms in total. The van der Waals surface area contributed by atoms with Crippen LogP contribution in [0, 0.1) is 0 Å². The number of carbonyl (C=O) groups is 1. The predicted octanol–water partition coefficient (Wildman–Crippen LogP) is 1.03. The van der Waals surface area contributed by atoms with Crippen molar-refractivity contribution >= 4 is 21.6 Å². The molecule has 0 saturated carbocycles. The van der Waals surface area contributed by atoms with E-state index < -0.39 is 60.9 Å². The number of aromatic nitrogens is 2. The number of aromatic amines is 1. The number of H-pyrrole nitrogens is 1. The summed E-state index contributed by atoms with van der Waals surface area (Å²) in [6.07, 6.45) is -2.23. The van der Waals surface area contributed by atoms with Crippen LogP contribution in [-0.4, -0.2) is 71.1 Å². The first kappa shape index (κ1) is 30.8. The van der Waals surface area contributed by atoms with Gasteiger partial charge in [0.25, 0.3) is 5.56 Å². The van der Waals surface area contributed by atoms with Crippen LogP contribution >= 0.6 is 7.75 Å². The Morgan fingerprint density at radius 3 is 2.62 bits per heavy atom. The van der Waals surface area contributed by atoms with E-state index in [2.05, 4.69) is 10.1 Å². The molecule has 3 rings (SSSR count). The normalized spacial score (nSPS) is 24.7. The molecule has 39 heavy (non-hydrogen) atoms. The Labute approximate surface area is 226 Å². The molecule has 2 heterocycles. The van der Waals surface area contributed by atoms with E-state index in [1.807, 2.05) is 0 Å². The van der Waals surface area contributed by atoms with Crippen molar-refractivity contribution in [3.05, 3.63) is 63.4 Å². The van der Waals surface area contributed by atoms with Crippen LogP contribution in [0.4, 0.5) is 0 Å². The Balaban J connectivity index is 1.66. The zero-order valence-corrected chi connectivity index (χ0v) is 22.8. The topological polar surface area (TPSA) is 178 Å². The number of carbonyl (C=O) groups excluding carboxylic acids is 1. The van der Waals surface area contributed by atoms with Crippen molar-refractivity contribution in [2.45, 2.75) is 63.0 Å². The molecule has 1 fully saturated rings. The maximum atomic E-state index is 13.6. The summed E-state index contributed by atoms with van der Waals surface area (Å²) in [6, 6.07) is 9.35. The number of para-hydroxylation sites is 1. The first-order valence-corrected chi connectivity index (χ1v) is 13.8. The van der Waals surface area contributed by atoms with E-state index in [1.165, 1.54) is 27.0 Å². The van der Waals surface area contributed by atoms with Crippen LogP contribution in [0.25, 0.3) is 0 Å². The zero-order valence-electron chi connectivity index (χ0n) is 21.9. The number of hydrogen-bond acceptors (Lipinski definition) is 10. The highest BCUT2D eigenvalue weighted by molar-refractivity contribution is 7.52. The highest BCUT2D eigenvalue weighted by Gasteiger charge is 2.51. The van der Waals surface area contributed by atoms with Gasteiger partial charge in [-0.2, -0.15) is 0 Å². The van der Waals surface area contributed by atoms with Gasteiger partial charge in [0.15, 0.2) is 0 Å². The van der Waals surface area contributed by atoms with Crippen molar-refractivity contribution in [3.8, 4) is 5.75 Å². The molecule has 4 N–H and O–H groups in total. The third-order valence-electron chi connectivity index (χ3n) is 5.76. The molecule has 0 amide bonds. The molecule has 2 radical (unpaired) electrons. The Morgan fingerprint density at radius 1 is 1.28 bits per heavy atom. The maximum Gasteiger partial charge on any atom is 0.458 e. The summed E-state index contributed by atoms with van der Waals surface area (Å²) in [5.74, 6) is -0.293. The fourth-order valence-corrected chi connectivity index (χ4v) is 5.10. The van der Waals surface area contributed by atoms with Crippen LogP contribution in [0.3, 0.4) is 0 Å². The van der Waals surface area contributed by atoms with Crippen LogP contribution < -0.4 is 20.9 Å². The Bertz CT molecular complexity index is 1280. The molecule has 1 aliphatic rings. The van der Waals surface area contributed by atoms with Gasteiger partial charge < -0.3 is 24.2 Å². The predicted molar refractivity (Wildman–Crippen MR) is 140 cm³/mol. The summed E-state index contributed by atoms with van der Waals surface area (Å²) in [4.78, 5) is 37.7. The molecule has 1 aromatic heterocycles. The van der Waals surface area contributed by atoms with Crippen LogP contribution in [0.1, 0.15) is 39.8 Å². The summed E-state index contributed by atoms with van der Waals surface area (Å²) in [5.41, 5.74) is -2.54. The minimum atomic E-state index is -4.06. The van der Waals surface area contributed by atoms with Crippen LogP contribution in [0.15, 0.2) is 52.2 Å². The van der Waals surface area contributed by atoms with Crippen LogP contribution in [0.5, 0.6) is 5.75 Å². The lowest BCUT2D eigenvalue weighted by atomic mass is 9.65. The fourth-order valence-electron chi connectivity index (χ4n) is 3.71. The average Bonchev–Trinajstić information content (AvgIpc) is 3.08. The quantitative estimate of drug-likeness (QED) is 0.118. The molecular weight excluding hydrogens is 532 g/mol. The molecule has 1 unspecified atom stereocenters. The Hall–Kier alpha value is -2.74. The standard InChI is InChI=1S/C24H33BN3O10P/c1-23(2,33)15-35-19(30)10-7-12-26-39(34,38-16-8-5-4-6-9-16)36-14-17-20(31)24(3,25)21(37-17)28-13-11-18(29)27-22(28)32/h4-6,8-9,11,13,17,20-21,31,33H,7,10,12,14-15H2,1-3H3,(H,26,34)(H,27,29,32)/t17-,20-,21-,24-,39?/m1/s1. The van der Waals surface area contributed by atoms with E-state index in [1.54, 1.807) is 30.3 Å². The van der Waals surface area contributed by atoms with E-state index in [9.17, 15) is 29.2 Å². The lowest BCUT2D eigenvalue weighted by molar-refractivity contribution is -0.149. The first-order valence-electron chi connectivity index (χ1n) is 12.3. The number of aliphatic hydroxyl groups excluding tert-OH is 1. The van der Waals surface area contributed by atoms with Crippen molar-refractivity contribution in [1.29, 1.82) is 0 Å². The number of rotatable bonds is 13. The number of nitrogens with one attached hydrogen (secondary N) is 2. The van der Waals surface area contributed by atoms with Gasteiger partial charge in [0.1, 0.15) is 24.7 Å². The van der Waals surface area contributed by atoms with Crippen molar-refractivity contribution in [2.75, 3.05) is 19.8 Å². The largest absolute Gasteiger partial charge is 0.463 e. The van der Waals surface area contributed by atoms with Crippen LogP contribution in [-0.2, 0) is 23.4 Å². The summed E-state index contributed by atoms with van der Waals surface area (Å²) in [5, 5.41) is 21.7. The molecular formula is C24H33BN3O10P. The number of ether oxygens (including phenoxy) is 2. The molecule has 0 bridgehead atoms. The molecule has 15 heteroatoms. The lowest BCUT2D eigenvalue weighted by Gasteiger charge is -2.29. The van der Waals surface area contributed by atoms with Gasteiger partial charge in [-0.3, -0.25) is 23.7 Å². The van der Waals surface area contributed by atoms with Gasteiger partial charge in [-0.25, -0.2) is 14.4 Å². The van der Waals surface area contributed by atoms with Crippen molar-refractivity contribution in [3.63, 3.8) is 0 Å². The number of aliphatic hydroxyl groups is 2. The Morgan fingerprint density at radius 2 is 1.97 bits per heavy atom. The van der Waals surface area contributed by atoms with E-state index in [0.29, 0.717) is 0 Å². The lowest BCUT2D eigenvalue weighted by Crippen LogP contribution is -2.37. The number of nitrogens with zero attached hydrogens (tertiary/aromatic N) is 1. The van der Waals surface area contributed by atoms with Crippen molar-refractivity contribution in [1.82, 2.24) is 14.6 Å². The maximum absolute atomic E-state index is 13.6. The van der Waals surface area contributed by atoms with Gasteiger partial charge in [-0.15, -0.1) is 0 Å². The van der Waals surface area contributed by atoms with E-state index in [-0.39, 0.29) is 31.7 Å². The second-order valence-electron chi connectivity index (χ2n) is 10.0. The fraction of sp³-hybridized carbons (Fsp3) is 0.542. The summed E-state index contributed by atoms with van der Waals surface area (Å²) < 4.78 is 36.6. The second kappa shape index (κ2) is 12.6. The van der Waals surface area contributed by atoms with Gasteiger partial charge in [-0.1, -0.05) is 25.1 Å². The SMILES string of the molecule is [B][C@]1(C)[C@H](O)[C@@H](COP(=O)(NCCCC(=O)OCC(C)(C)O)Oc2ccccc2)O[C@H]1n1ccc(=O)[nH]c1=O. The summed E-state index contributed by atoms with van der Waals surface area (Å²) >= 11 is 0.